The van der Waals surface area contributed by atoms with E-state index in [1.165, 1.54) is 50.3 Å². The Hall–Kier alpha value is -2.35. The number of ether oxygens (including phenoxy) is 1. The molecule has 4 aliphatic carbocycles. The van der Waals surface area contributed by atoms with Crippen molar-refractivity contribution in [1.82, 2.24) is 4.90 Å². The van der Waals surface area contributed by atoms with E-state index in [1.807, 2.05) is 30.3 Å². The fourth-order valence-electron chi connectivity index (χ4n) is 6.99. The molecule has 37 heavy (non-hydrogen) atoms. The van der Waals surface area contributed by atoms with E-state index in [1.54, 1.807) is 29.2 Å². The third-order valence-electron chi connectivity index (χ3n) is 8.23. The summed E-state index contributed by atoms with van der Waals surface area (Å²) in [7, 11) is 0. The highest BCUT2D eigenvalue weighted by Crippen LogP contribution is 2.57. The Bertz CT molecular complexity index is 1150. The number of rotatable bonds is 7. The van der Waals surface area contributed by atoms with Gasteiger partial charge in [-0.25, -0.2) is 4.99 Å². The van der Waals surface area contributed by atoms with Gasteiger partial charge in [0.05, 0.1) is 24.4 Å². The molecule has 6 nitrogen and oxygen atoms in total. The van der Waals surface area contributed by atoms with Crippen molar-refractivity contribution in [1.29, 1.82) is 0 Å². The normalized spacial score (nSPS) is 31.6. The first-order valence-corrected chi connectivity index (χ1v) is 14.5. The Morgan fingerprint density at radius 3 is 2.32 bits per heavy atom. The van der Waals surface area contributed by atoms with Crippen molar-refractivity contribution in [3.63, 3.8) is 0 Å². The highest BCUT2D eigenvalue weighted by molar-refractivity contribution is 8.15. The van der Waals surface area contributed by atoms with Gasteiger partial charge in [0.1, 0.15) is 5.25 Å². The van der Waals surface area contributed by atoms with E-state index in [-0.39, 0.29) is 23.8 Å². The van der Waals surface area contributed by atoms with Crippen molar-refractivity contribution in [2.45, 2.75) is 55.8 Å². The lowest BCUT2D eigenvalue weighted by atomic mass is 9.54. The van der Waals surface area contributed by atoms with Crippen LogP contribution in [0.1, 0.15) is 44.9 Å². The number of thioether (sulfide) groups is 1. The molecular formula is C29H32ClN3O3S. The second-order valence-corrected chi connectivity index (χ2v) is 12.6. The summed E-state index contributed by atoms with van der Waals surface area (Å²) < 4.78 is 6.61. The van der Waals surface area contributed by atoms with Crippen LogP contribution in [0.5, 0.6) is 0 Å². The molecule has 2 aromatic rings. The van der Waals surface area contributed by atoms with Gasteiger partial charge < -0.3 is 10.1 Å². The highest BCUT2D eigenvalue weighted by atomic mass is 35.5. The first-order valence-electron chi connectivity index (χ1n) is 13.3. The number of hydrogen-bond donors (Lipinski definition) is 1. The van der Waals surface area contributed by atoms with Crippen LogP contribution >= 0.6 is 23.4 Å². The molecule has 4 saturated carbocycles. The van der Waals surface area contributed by atoms with E-state index in [2.05, 4.69) is 5.32 Å². The van der Waals surface area contributed by atoms with Crippen molar-refractivity contribution < 1.29 is 14.3 Å². The molecule has 0 radical (unpaired) electrons. The summed E-state index contributed by atoms with van der Waals surface area (Å²) in [6.45, 7) is 0.943. The van der Waals surface area contributed by atoms with E-state index in [0.29, 0.717) is 29.0 Å². The largest absolute Gasteiger partial charge is 0.373 e. The topological polar surface area (TPSA) is 71.0 Å². The van der Waals surface area contributed by atoms with Gasteiger partial charge >= 0.3 is 0 Å². The minimum atomic E-state index is -0.564. The number of benzene rings is 2. The van der Waals surface area contributed by atoms with E-state index < -0.39 is 5.25 Å². The maximum absolute atomic E-state index is 13.3. The fourth-order valence-corrected chi connectivity index (χ4v) is 8.24. The number of amides is 2. The van der Waals surface area contributed by atoms with Gasteiger partial charge in [0.25, 0.3) is 0 Å². The Morgan fingerprint density at radius 2 is 1.68 bits per heavy atom. The number of halogens is 1. The van der Waals surface area contributed by atoms with Gasteiger partial charge in [-0.05, 0) is 92.7 Å². The van der Waals surface area contributed by atoms with Crippen molar-refractivity contribution in [3.8, 4) is 0 Å². The molecule has 1 atom stereocenters. The summed E-state index contributed by atoms with van der Waals surface area (Å²) in [5, 5.41) is 3.49. The molecule has 2 amide bonds. The van der Waals surface area contributed by atoms with Crippen LogP contribution in [0, 0.1) is 17.8 Å². The lowest BCUT2D eigenvalue weighted by molar-refractivity contribution is -0.164. The van der Waals surface area contributed by atoms with Gasteiger partial charge in [-0.1, -0.05) is 41.6 Å². The number of carbonyl (C=O) groups is 2. The zero-order valence-electron chi connectivity index (χ0n) is 20.8. The van der Waals surface area contributed by atoms with Gasteiger partial charge in [0, 0.05) is 17.1 Å². The summed E-state index contributed by atoms with van der Waals surface area (Å²) in [6.07, 6.45) is 7.74. The summed E-state index contributed by atoms with van der Waals surface area (Å²) >= 11 is 7.30. The number of nitrogens with one attached hydrogen (secondary N) is 1. The zero-order chi connectivity index (χ0) is 25.4. The van der Waals surface area contributed by atoms with Crippen LogP contribution < -0.4 is 5.32 Å². The van der Waals surface area contributed by atoms with Gasteiger partial charge in [0.2, 0.25) is 11.8 Å². The fraction of sp³-hybridized carbons (Fsp3) is 0.483. The summed E-state index contributed by atoms with van der Waals surface area (Å²) in [5.41, 5.74) is 1.40. The van der Waals surface area contributed by atoms with Crippen LogP contribution in [0.3, 0.4) is 0 Å². The predicted octanol–water partition coefficient (Wildman–Crippen LogP) is 6.29. The SMILES string of the molecule is O=C(Nc1ccc(Cl)cc1)[C@@H]1CC(=O)N(CCOC23CC4CC(CC(C4)C2)C3)C(=Nc2ccccc2)S1. The first-order chi connectivity index (χ1) is 17.9. The number of aliphatic imine (C=N–C) groups is 1. The average Bonchev–Trinajstić information content (AvgIpc) is 2.86. The predicted molar refractivity (Wildman–Crippen MR) is 148 cm³/mol. The highest BCUT2D eigenvalue weighted by Gasteiger charge is 2.51. The van der Waals surface area contributed by atoms with Crippen LogP contribution in [-0.4, -0.2) is 45.9 Å². The van der Waals surface area contributed by atoms with Gasteiger partial charge in [-0.15, -0.1) is 0 Å². The van der Waals surface area contributed by atoms with Crippen molar-refractivity contribution >= 4 is 51.7 Å². The van der Waals surface area contributed by atoms with Gasteiger partial charge in [-0.3, -0.25) is 14.5 Å². The van der Waals surface area contributed by atoms with Gasteiger partial charge in [0.15, 0.2) is 5.17 Å². The molecule has 5 aliphatic rings. The number of carbonyl (C=O) groups excluding carboxylic acids is 2. The molecule has 0 unspecified atom stereocenters. The van der Waals surface area contributed by atoms with Crippen LogP contribution in [0.4, 0.5) is 11.4 Å². The summed E-state index contributed by atoms with van der Waals surface area (Å²) in [6, 6.07) is 16.5. The summed E-state index contributed by atoms with van der Waals surface area (Å²) in [4.78, 5) is 32.9. The number of nitrogens with zero attached hydrogens (tertiary/aromatic N) is 2. The maximum Gasteiger partial charge on any atom is 0.238 e. The van der Waals surface area contributed by atoms with E-state index >= 15 is 0 Å². The average molecular weight is 538 g/mol. The van der Waals surface area contributed by atoms with Crippen molar-refractivity contribution in [2.75, 3.05) is 18.5 Å². The van der Waals surface area contributed by atoms with E-state index in [4.69, 9.17) is 21.3 Å². The number of para-hydroxylation sites is 1. The molecule has 0 spiro atoms. The molecule has 2 aromatic carbocycles. The minimum absolute atomic E-state index is 0.00152. The molecular weight excluding hydrogens is 506 g/mol. The molecule has 4 bridgehead atoms. The van der Waals surface area contributed by atoms with Gasteiger partial charge in [-0.2, -0.15) is 0 Å². The molecule has 1 aliphatic heterocycles. The van der Waals surface area contributed by atoms with Crippen LogP contribution in [-0.2, 0) is 14.3 Å². The molecule has 5 fully saturated rings. The van der Waals surface area contributed by atoms with Crippen LogP contribution in [0.25, 0.3) is 0 Å². The molecule has 1 N–H and O–H groups in total. The third kappa shape index (κ3) is 5.59. The molecule has 194 valence electrons. The second-order valence-electron chi connectivity index (χ2n) is 11.0. The number of anilines is 1. The van der Waals surface area contributed by atoms with E-state index in [9.17, 15) is 9.59 Å². The molecule has 8 heteroatoms. The zero-order valence-corrected chi connectivity index (χ0v) is 22.3. The smallest absolute Gasteiger partial charge is 0.238 e. The third-order valence-corrected chi connectivity index (χ3v) is 9.67. The molecule has 1 saturated heterocycles. The lowest BCUT2D eigenvalue weighted by Gasteiger charge is -2.56. The Morgan fingerprint density at radius 1 is 1.03 bits per heavy atom. The monoisotopic (exact) mass is 537 g/mol. The standard InChI is InChI=1S/C29H32ClN3O3S/c30-22-6-8-24(9-7-22)31-27(35)25-15-26(34)33(28(37-25)32-23-4-2-1-3-5-23)10-11-36-29-16-19-12-20(17-29)14-21(13-19)18-29/h1-9,19-21,25H,10-18H2,(H,31,35)/t19?,20?,21?,25-,29?/m0/s1. The Labute approximate surface area is 227 Å². The second kappa shape index (κ2) is 10.4. The van der Waals surface area contributed by atoms with E-state index in [0.717, 1.165) is 23.4 Å². The van der Waals surface area contributed by atoms with Crippen LogP contribution in [0.15, 0.2) is 59.6 Å². The van der Waals surface area contributed by atoms with Crippen molar-refractivity contribution in [2.24, 2.45) is 22.7 Å². The summed E-state index contributed by atoms with van der Waals surface area (Å²) in [5.74, 6) is 2.13. The maximum atomic E-state index is 13.3. The quantitative estimate of drug-likeness (QED) is 0.451. The minimum Gasteiger partial charge on any atom is -0.373 e. The van der Waals surface area contributed by atoms with Crippen LogP contribution in [0.2, 0.25) is 5.02 Å². The van der Waals surface area contributed by atoms with Crippen molar-refractivity contribution in [3.05, 3.63) is 59.6 Å². The number of amidine groups is 1. The molecule has 1 heterocycles. The lowest BCUT2D eigenvalue weighted by Crippen LogP contribution is -2.53. The Kier molecular flexibility index (Phi) is 7.03. The first kappa shape index (κ1) is 25.0. The molecule has 0 aromatic heterocycles. The Balaban J connectivity index is 1.15. The molecule has 7 rings (SSSR count). The number of hydrogen-bond acceptors (Lipinski definition) is 5.